The van der Waals surface area contributed by atoms with Crippen LogP contribution in [0.5, 0.6) is 5.75 Å². The third-order valence-corrected chi connectivity index (χ3v) is 5.49. The highest BCUT2D eigenvalue weighted by Gasteiger charge is 2.35. The number of nitrogens with zero attached hydrogens (tertiary/aromatic N) is 1. The molecule has 3 rings (SSSR count). The first-order valence-corrected chi connectivity index (χ1v) is 9.15. The monoisotopic (exact) mass is 339 g/mol. The van der Waals surface area contributed by atoms with Crippen LogP contribution in [0.2, 0.25) is 0 Å². The van der Waals surface area contributed by atoms with Gasteiger partial charge in [-0.3, -0.25) is 4.90 Å². The van der Waals surface area contributed by atoms with E-state index in [2.05, 4.69) is 48.2 Å². The second kappa shape index (κ2) is 8.03. The summed E-state index contributed by atoms with van der Waals surface area (Å²) in [6.45, 7) is 5.28. The normalized spacial score (nSPS) is 21.2. The summed E-state index contributed by atoms with van der Waals surface area (Å²) in [5.74, 6) is 0.946. The summed E-state index contributed by atoms with van der Waals surface area (Å²) in [4.78, 5) is 2.47. The minimum absolute atomic E-state index is 0.0492. The average molecular weight is 339 g/mol. The SMILES string of the molecule is COc1ccccc1CN1CCCC(CO)(Cc2ccccc2C)C1. The molecule has 1 fully saturated rings. The Labute approximate surface area is 151 Å². The van der Waals surface area contributed by atoms with Crippen molar-refractivity contribution >= 4 is 0 Å². The molecule has 0 aliphatic carbocycles. The standard InChI is InChI=1S/C22H29NO2/c1-18-8-3-4-9-19(18)14-22(17-24)12-7-13-23(16-22)15-20-10-5-6-11-21(20)25-2/h3-6,8-11,24H,7,12-17H2,1-2H3. The number of likely N-dealkylation sites (tertiary alicyclic amines) is 1. The summed E-state index contributed by atoms with van der Waals surface area (Å²) in [6.07, 6.45) is 3.15. The minimum Gasteiger partial charge on any atom is -0.496 e. The molecular weight excluding hydrogens is 310 g/mol. The van der Waals surface area contributed by atoms with E-state index >= 15 is 0 Å². The van der Waals surface area contributed by atoms with Crippen LogP contribution in [0.1, 0.15) is 29.5 Å². The number of benzene rings is 2. The van der Waals surface area contributed by atoms with Gasteiger partial charge in [0.05, 0.1) is 13.7 Å². The zero-order valence-corrected chi connectivity index (χ0v) is 15.4. The first kappa shape index (κ1) is 18.0. The average Bonchev–Trinajstić information content (AvgIpc) is 2.64. The lowest BCUT2D eigenvalue weighted by molar-refractivity contribution is 0.0285. The molecule has 1 heterocycles. The van der Waals surface area contributed by atoms with E-state index in [1.807, 2.05) is 12.1 Å². The molecule has 3 heteroatoms. The number of para-hydroxylation sites is 1. The van der Waals surface area contributed by atoms with Gasteiger partial charge in [0.2, 0.25) is 0 Å². The maximum absolute atomic E-state index is 10.2. The van der Waals surface area contributed by atoms with E-state index in [-0.39, 0.29) is 12.0 Å². The Bertz CT molecular complexity index is 700. The summed E-state index contributed by atoms with van der Waals surface area (Å²) in [5.41, 5.74) is 3.84. The second-order valence-corrected chi connectivity index (χ2v) is 7.39. The van der Waals surface area contributed by atoms with Crippen molar-refractivity contribution in [3.63, 3.8) is 0 Å². The third-order valence-electron chi connectivity index (χ3n) is 5.49. The first-order chi connectivity index (χ1) is 12.2. The van der Waals surface area contributed by atoms with E-state index in [1.165, 1.54) is 16.7 Å². The summed E-state index contributed by atoms with van der Waals surface area (Å²) in [6, 6.07) is 16.8. The summed E-state index contributed by atoms with van der Waals surface area (Å²) < 4.78 is 5.50. The van der Waals surface area contributed by atoms with Gasteiger partial charge in [-0.25, -0.2) is 0 Å². The van der Waals surface area contributed by atoms with Gasteiger partial charge in [-0.1, -0.05) is 42.5 Å². The Morgan fingerprint density at radius 3 is 2.52 bits per heavy atom. The number of ether oxygens (including phenoxy) is 1. The topological polar surface area (TPSA) is 32.7 Å². The molecule has 0 saturated carbocycles. The van der Waals surface area contributed by atoms with Gasteiger partial charge in [0.1, 0.15) is 5.75 Å². The molecule has 1 aliphatic heterocycles. The zero-order valence-electron chi connectivity index (χ0n) is 15.4. The Morgan fingerprint density at radius 1 is 1.08 bits per heavy atom. The van der Waals surface area contributed by atoms with Crippen molar-refractivity contribution in [1.82, 2.24) is 4.90 Å². The van der Waals surface area contributed by atoms with Crippen LogP contribution in [-0.2, 0) is 13.0 Å². The van der Waals surface area contributed by atoms with Crippen LogP contribution in [0.4, 0.5) is 0 Å². The fourth-order valence-electron chi connectivity index (χ4n) is 4.06. The maximum Gasteiger partial charge on any atom is 0.123 e. The second-order valence-electron chi connectivity index (χ2n) is 7.39. The van der Waals surface area contributed by atoms with Crippen LogP contribution in [0, 0.1) is 12.3 Å². The number of methoxy groups -OCH3 is 1. The summed E-state index contributed by atoms with van der Waals surface area (Å²) >= 11 is 0. The molecule has 1 unspecified atom stereocenters. The van der Waals surface area contributed by atoms with Crippen molar-refractivity contribution in [3.8, 4) is 5.75 Å². The van der Waals surface area contributed by atoms with Crippen molar-refractivity contribution in [2.24, 2.45) is 5.41 Å². The molecular formula is C22H29NO2. The highest BCUT2D eigenvalue weighted by Crippen LogP contribution is 2.35. The molecule has 1 atom stereocenters. The van der Waals surface area contributed by atoms with Gasteiger partial charge in [-0.15, -0.1) is 0 Å². The summed E-state index contributed by atoms with van der Waals surface area (Å²) in [7, 11) is 1.73. The predicted molar refractivity (Wildman–Crippen MR) is 102 cm³/mol. The van der Waals surface area contributed by atoms with Crippen LogP contribution in [0.15, 0.2) is 48.5 Å². The van der Waals surface area contributed by atoms with Gasteiger partial charge in [-0.2, -0.15) is 0 Å². The van der Waals surface area contributed by atoms with E-state index in [0.717, 1.165) is 44.6 Å². The molecule has 1 N–H and O–H groups in total. The molecule has 2 aromatic rings. The molecule has 134 valence electrons. The largest absolute Gasteiger partial charge is 0.496 e. The fraction of sp³-hybridized carbons (Fsp3) is 0.455. The van der Waals surface area contributed by atoms with E-state index in [9.17, 15) is 5.11 Å². The predicted octanol–water partition coefficient (Wildman–Crippen LogP) is 3.82. The van der Waals surface area contributed by atoms with Crippen molar-refractivity contribution < 1.29 is 9.84 Å². The number of hydrogen-bond acceptors (Lipinski definition) is 3. The number of aliphatic hydroxyl groups is 1. The third kappa shape index (κ3) is 4.23. The van der Waals surface area contributed by atoms with Gasteiger partial charge >= 0.3 is 0 Å². The van der Waals surface area contributed by atoms with E-state index in [4.69, 9.17) is 4.74 Å². The lowest BCUT2D eigenvalue weighted by Gasteiger charge is -2.42. The van der Waals surface area contributed by atoms with Crippen LogP contribution in [0.3, 0.4) is 0 Å². The van der Waals surface area contributed by atoms with Crippen LogP contribution in [0.25, 0.3) is 0 Å². The van der Waals surface area contributed by atoms with E-state index < -0.39 is 0 Å². The molecule has 1 aliphatic rings. The minimum atomic E-state index is -0.0492. The van der Waals surface area contributed by atoms with Crippen molar-refractivity contribution in [2.45, 2.75) is 32.7 Å². The zero-order chi connectivity index (χ0) is 17.7. The van der Waals surface area contributed by atoms with E-state index in [0.29, 0.717) is 0 Å². The molecule has 1 saturated heterocycles. The van der Waals surface area contributed by atoms with Crippen molar-refractivity contribution in [1.29, 1.82) is 0 Å². The number of aryl methyl sites for hydroxylation is 1. The van der Waals surface area contributed by atoms with Gasteiger partial charge in [0.25, 0.3) is 0 Å². The Kier molecular flexibility index (Phi) is 5.77. The highest BCUT2D eigenvalue weighted by molar-refractivity contribution is 5.33. The van der Waals surface area contributed by atoms with Crippen molar-refractivity contribution in [2.75, 3.05) is 26.8 Å². The molecule has 3 nitrogen and oxygen atoms in total. The number of rotatable bonds is 6. The maximum atomic E-state index is 10.2. The number of aliphatic hydroxyl groups excluding tert-OH is 1. The van der Waals surface area contributed by atoms with Crippen LogP contribution >= 0.6 is 0 Å². The summed E-state index contributed by atoms with van der Waals surface area (Å²) in [5, 5.41) is 10.2. The van der Waals surface area contributed by atoms with Gasteiger partial charge < -0.3 is 9.84 Å². The quantitative estimate of drug-likeness (QED) is 0.868. The number of piperidine rings is 1. The molecule has 0 radical (unpaired) electrons. The lowest BCUT2D eigenvalue weighted by atomic mass is 9.75. The number of hydrogen-bond donors (Lipinski definition) is 1. The highest BCUT2D eigenvalue weighted by atomic mass is 16.5. The van der Waals surface area contributed by atoms with Gasteiger partial charge in [0.15, 0.2) is 0 Å². The van der Waals surface area contributed by atoms with Gasteiger partial charge in [0, 0.05) is 24.1 Å². The molecule has 0 bridgehead atoms. The van der Waals surface area contributed by atoms with Crippen LogP contribution in [-0.4, -0.2) is 36.8 Å². The van der Waals surface area contributed by atoms with E-state index in [1.54, 1.807) is 7.11 Å². The molecule has 0 aromatic heterocycles. The van der Waals surface area contributed by atoms with Crippen molar-refractivity contribution in [3.05, 3.63) is 65.2 Å². The lowest BCUT2D eigenvalue weighted by Crippen LogP contribution is -2.46. The smallest absolute Gasteiger partial charge is 0.123 e. The molecule has 0 amide bonds. The Morgan fingerprint density at radius 2 is 1.80 bits per heavy atom. The Hall–Kier alpha value is -1.84. The Balaban J connectivity index is 1.75. The molecule has 2 aromatic carbocycles. The molecule has 25 heavy (non-hydrogen) atoms. The van der Waals surface area contributed by atoms with Crippen LogP contribution < -0.4 is 4.74 Å². The van der Waals surface area contributed by atoms with Gasteiger partial charge in [-0.05, 0) is 49.9 Å². The molecule has 0 spiro atoms. The first-order valence-electron chi connectivity index (χ1n) is 9.15. The fourth-order valence-corrected chi connectivity index (χ4v) is 4.06.